The first kappa shape index (κ1) is 32.3. The smallest absolute Gasteiger partial charge is 0.455 e. The van der Waals surface area contributed by atoms with Crippen molar-refractivity contribution < 1.29 is 82.0 Å². The third-order valence-corrected chi connectivity index (χ3v) is 4.54. The Labute approximate surface area is 251 Å². The molecule has 4 rings (SSSR count). The molecule has 0 spiro atoms. The van der Waals surface area contributed by atoms with Crippen LogP contribution in [0.5, 0.6) is 5.75 Å². The van der Waals surface area contributed by atoms with Gasteiger partial charge in [0, 0.05) is 60.5 Å². The normalized spacial score (nSPS) is 10.4. The van der Waals surface area contributed by atoms with Crippen LogP contribution in [0.1, 0.15) is 38.1 Å². The fourth-order valence-electron chi connectivity index (χ4n) is 3.32. The molecule has 0 bridgehead atoms. The number of halogens is 3. The predicted molar refractivity (Wildman–Crippen MR) is 132 cm³/mol. The largest absolute Gasteiger partial charge is 0.506 e. The van der Waals surface area contributed by atoms with Gasteiger partial charge in [0.25, 0.3) is 11.3 Å². The fraction of sp³-hybridized carbons (Fsp3) is 0.185. The van der Waals surface area contributed by atoms with Crippen molar-refractivity contribution >= 4 is 39.0 Å². The van der Waals surface area contributed by atoms with Crippen molar-refractivity contribution in [1.29, 1.82) is 0 Å². The Bertz CT molecular complexity index is 1480. The van der Waals surface area contributed by atoms with Gasteiger partial charge in [-0.15, -0.1) is 0 Å². The Balaban J connectivity index is 0.000000671. The molecule has 1 radical (unpaired) electrons. The van der Waals surface area contributed by atoms with Crippen LogP contribution < -0.4 is 5.56 Å². The monoisotopic (exact) mass is 652 g/mol. The van der Waals surface area contributed by atoms with E-state index in [1.807, 2.05) is 0 Å². The number of ketones is 3. The number of para-hydroxylation sites is 1. The standard InChI is InChI=1S/C21H12F3NO3.2C3H6O.Eu/c22-21(23,24)19(27)17-18(26)16-14-9-5-4-6-12(14)10-11-15(16)25(20(17)28)13-7-2-1-3-8-13;2*1-3(2)4;/h1-11,26H;2*1-2H3;. The Hall–Kier alpha value is -2.69. The fourth-order valence-corrected chi connectivity index (χ4v) is 3.32. The van der Waals surface area contributed by atoms with E-state index in [-0.39, 0.29) is 77.5 Å². The van der Waals surface area contributed by atoms with Gasteiger partial charge in [-0.3, -0.25) is 14.2 Å². The van der Waals surface area contributed by atoms with Crippen molar-refractivity contribution in [2.24, 2.45) is 0 Å². The van der Waals surface area contributed by atoms with E-state index >= 15 is 0 Å². The van der Waals surface area contributed by atoms with Crippen LogP contribution >= 0.6 is 0 Å². The molecule has 0 aliphatic rings. The Morgan fingerprint density at radius 1 is 0.784 bits per heavy atom. The molecule has 1 heterocycles. The van der Waals surface area contributed by atoms with Crippen molar-refractivity contribution in [1.82, 2.24) is 4.57 Å². The Morgan fingerprint density at radius 2 is 1.27 bits per heavy atom. The van der Waals surface area contributed by atoms with Gasteiger partial charge >= 0.3 is 6.18 Å². The molecule has 10 heteroatoms. The first-order valence-electron chi connectivity index (χ1n) is 10.7. The van der Waals surface area contributed by atoms with E-state index in [4.69, 9.17) is 0 Å². The quantitative estimate of drug-likeness (QED) is 0.219. The molecule has 0 saturated heterocycles. The molecule has 0 saturated carbocycles. The zero-order valence-electron chi connectivity index (χ0n) is 20.4. The van der Waals surface area contributed by atoms with Crippen molar-refractivity contribution in [3.63, 3.8) is 0 Å². The molecule has 195 valence electrons. The molecular formula is C27H24EuF3NO5. The van der Waals surface area contributed by atoms with E-state index < -0.39 is 28.8 Å². The zero-order valence-corrected chi connectivity index (χ0v) is 22.8. The van der Waals surface area contributed by atoms with Crippen LogP contribution in [-0.4, -0.2) is 33.2 Å². The molecule has 0 fully saturated rings. The molecule has 3 aromatic carbocycles. The van der Waals surface area contributed by atoms with Gasteiger partial charge in [0.2, 0.25) is 0 Å². The molecular weight excluding hydrogens is 627 g/mol. The van der Waals surface area contributed by atoms with Crippen LogP contribution in [0.3, 0.4) is 0 Å². The van der Waals surface area contributed by atoms with Gasteiger partial charge in [0.05, 0.1) is 5.52 Å². The average Bonchev–Trinajstić information content (AvgIpc) is 2.78. The summed E-state index contributed by atoms with van der Waals surface area (Å²) in [4.78, 5) is 43.8. The topological polar surface area (TPSA) is 93.4 Å². The number of hydrogen-bond donors (Lipinski definition) is 1. The number of benzene rings is 3. The summed E-state index contributed by atoms with van der Waals surface area (Å²) >= 11 is 0. The van der Waals surface area contributed by atoms with Crippen LogP contribution in [0.15, 0.2) is 71.5 Å². The summed E-state index contributed by atoms with van der Waals surface area (Å²) in [5.74, 6) is -3.01. The van der Waals surface area contributed by atoms with Crippen LogP contribution in [0.4, 0.5) is 13.2 Å². The summed E-state index contributed by atoms with van der Waals surface area (Å²) < 4.78 is 40.4. The van der Waals surface area contributed by atoms with Crippen LogP contribution in [-0.2, 0) is 9.59 Å². The van der Waals surface area contributed by atoms with Gasteiger partial charge in [-0.05, 0) is 56.7 Å². The van der Waals surface area contributed by atoms with Crippen LogP contribution in [0, 0.1) is 49.4 Å². The minimum atomic E-state index is -5.30. The number of hydrogen-bond acceptors (Lipinski definition) is 5. The first-order chi connectivity index (χ1) is 16.8. The van der Waals surface area contributed by atoms with E-state index in [9.17, 15) is 37.5 Å². The number of carbonyl (C=O) groups excluding carboxylic acids is 3. The number of Topliss-reactive ketones (excluding diaryl/α,β-unsaturated/α-hetero) is 3. The van der Waals surface area contributed by atoms with E-state index in [2.05, 4.69) is 0 Å². The minimum absolute atomic E-state index is 0. The van der Waals surface area contributed by atoms with Gasteiger partial charge in [0.1, 0.15) is 22.9 Å². The summed E-state index contributed by atoms with van der Waals surface area (Å²) in [6.07, 6.45) is -5.30. The van der Waals surface area contributed by atoms with Crippen molar-refractivity contribution in [3.8, 4) is 11.4 Å². The summed E-state index contributed by atoms with van der Waals surface area (Å²) in [5.41, 5.74) is -2.04. The summed E-state index contributed by atoms with van der Waals surface area (Å²) in [7, 11) is 0. The molecule has 0 atom stereocenters. The molecule has 0 aliphatic heterocycles. The number of carbonyl (C=O) groups is 3. The maximum absolute atomic E-state index is 13.1. The maximum Gasteiger partial charge on any atom is 0.455 e. The van der Waals surface area contributed by atoms with E-state index in [0.717, 1.165) is 4.57 Å². The molecule has 1 N–H and O–H groups in total. The number of fused-ring (bicyclic) bond motifs is 3. The predicted octanol–water partition coefficient (Wildman–Crippen LogP) is 5.79. The number of aromatic nitrogens is 1. The maximum atomic E-state index is 13.1. The molecule has 4 aromatic rings. The number of nitrogens with zero attached hydrogens (tertiary/aromatic N) is 1. The third-order valence-electron chi connectivity index (χ3n) is 4.54. The Kier molecular flexibility index (Phi) is 12.0. The van der Waals surface area contributed by atoms with Gasteiger partial charge < -0.3 is 14.7 Å². The number of aromatic hydroxyl groups is 1. The van der Waals surface area contributed by atoms with E-state index in [0.29, 0.717) is 10.8 Å². The van der Waals surface area contributed by atoms with Gasteiger partial charge in [0.15, 0.2) is 0 Å². The number of alkyl halides is 3. The molecule has 0 amide bonds. The van der Waals surface area contributed by atoms with E-state index in [1.165, 1.54) is 45.9 Å². The zero-order chi connectivity index (χ0) is 27.2. The second-order valence-corrected chi connectivity index (χ2v) is 8.02. The number of rotatable bonds is 2. The number of pyridine rings is 1. The summed E-state index contributed by atoms with van der Waals surface area (Å²) in [6, 6.07) is 18.0. The van der Waals surface area contributed by atoms with Crippen molar-refractivity contribution in [2.75, 3.05) is 0 Å². The molecule has 1 aromatic heterocycles. The van der Waals surface area contributed by atoms with E-state index in [1.54, 1.807) is 48.5 Å². The van der Waals surface area contributed by atoms with Crippen molar-refractivity contribution in [2.45, 2.75) is 33.9 Å². The third kappa shape index (κ3) is 8.15. The minimum Gasteiger partial charge on any atom is -0.506 e. The molecule has 6 nitrogen and oxygen atoms in total. The van der Waals surface area contributed by atoms with Gasteiger partial charge in [-0.25, -0.2) is 0 Å². The Morgan fingerprint density at radius 3 is 1.78 bits per heavy atom. The SMILES string of the molecule is CC(C)=O.CC(C)=O.O=C(c1c(O)c2c3ccccc3ccc2n(-c2ccccc2)c1=O)C(F)(F)F.[Eu]. The first-order valence-corrected chi connectivity index (χ1v) is 10.7. The van der Waals surface area contributed by atoms with Crippen LogP contribution in [0.2, 0.25) is 0 Å². The summed E-state index contributed by atoms with van der Waals surface area (Å²) in [6.45, 7) is 6.11. The second-order valence-electron chi connectivity index (χ2n) is 8.02. The molecule has 0 unspecified atom stereocenters. The van der Waals surface area contributed by atoms with Crippen LogP contribution in [0.25, 0.3) is 27.4 Å². The van der Waals surface area contributed by atoms with Gasteiger partial charge in [-0.1, -0.05) is 48.5 Å². The summed E-state index contributed by atoms with van der Waals surface area (Å²) in [5, 5.41) is 11.7. The second kappa shape index (κ2) is 13.7. The molecule has 0 aliphatic carbocycles. The van der Waals surface area contributed by atoms with Gasteiger partial charge in [-0.2, -0.15) is 13.2 Å². The average molecular weight is 651 g/mol. The molecule has 37 heavy (non-hydrogen) atoms. The van der Waals surface area contributed by atoms with Crippen molar-refractivity contribution in [3.05, 3.63) is 82.6 Å².